The molecule has 0 spiro atoms. The number of hydrogen-bond donors (Lipinski definition) is 0. The van der Waals surface area contributed by atoms with Crippen molar-refractivity contribution in [2.24, 2.45) is 0 Å². The molecule has 4 rings (SSSR count). The molecule has 0 atom stereocenters. The molecule has 0 unspecified atom stereocenters. The molecule has 1 amide bonds. The van der Waals surface area contributed by atoms with Gasteiger partial charge in [0, 0.05) is 15.6 Å². The smallest absolute Gasteiger partial charge is 0.260 e. The molecule has 0 fully saturated rings. The predicted molar refractivity (Wildman–Crippen MR) is 105 cm³/mol. The molecule has 0 saturated carbocycles. The molecule has 0 aliphatic carbocycles. The monoisotopic (exact) mass is 402 g/mol. The Morgan fingerprint density at radius 2 is 1.85 bits per heavy atom. The molecule has 0 bridgehead atoms. The van der Waals surface area contributed by atoms with E-state index in [1.807, 2.05) is 18.2 Å². The summed E-state index contributed by atoms with van der Waals surface area (Å²) in [5.41, 5.74) is 1.32. The van der Waals surface area contributed by atoms with Crippen LogP contribution in [0.15, 0.2) is 65.3 Å². The third-order valence-corrected chi connectivity index (χ3v) is 5.33. The zero-order valence-corrected chi connectivity index (χ0v) is 15.7. The fourth-order valence-electron chi connectivity index (χ4n) is 2.53. The van der Waals surface area contributed by atoms with E-state index in [-0.39, 0.29) is 12.5 Å². The highest BCUT2D eigenvalue weighted by Gasteiger charge is 2.22. The quantitative estimate of drug-likeness (QED) is 0.417. The summed E-state index contributed by atoms with van der Waals surface area (Å²) in [7, 11) is 0. The third kappa shape index (κ3) is 3.46. The second-order valence-corrected chi connectivity index (χ2v) is 7.47. The van der Waals surface area contributed by atoms with Gasteiger partial charge < -0.3 is 4.42 Å². The number of fused-ring (bicyclic) bond motifs is 1. The zero-order chi connectivity index (χ0) is 18.1. The van der Waals surface area contributed by atoms with E-state index in [1.54, 1.807) is 47.6 Å². The minimum absolute atomic E-state index is 0.178. The fraction of sp³-hybridized carbons (Fsp3) is 0.0526. The minimum atomic E-state index is -0.178. The van der Waals surface area contributed by atoms with Crippen LogP contribution in [0.4, 0.5) is 5.13 Å². The van der Waals surface area contributed by atoms with Crippen molar-refractivity contribution in [2.45, 2.75) is 6.54 Å². The Hall–Kier alpha value is -2.34. The van der Waals surface area contributed by atoms with Gasteiger partial charge in [-0.3, -0.25) is 9.69 Å². The van der Waals surface area contributed by atoms with E-state index < -0.39 is 0 Å². The summed E-state index contributed by atoms with van der Waals surface area (Å²) >= 11 is 13.4. The van der Waals surface area contributed by atoms with Crippen LogP contribution >= 0.6 is 34.5 Å². The lowest BCUT2D eigenvalue weighted by Gasteiger charge is -2.18. The van der Waals surface area contributed by atoms with Crippen LogP contribution in [0.3, 0.4) is 0 Å². The lowest BCUT2D eigenvalue weighted by molar-refractivity contribution is 0.0983. The number of rotatable bonds is 4. The number of nitrogens with zero attached hydrogens (tertiary/aromatic N) is 2. The molecule has 4 nitrogen and oxygen atoms in total. The summed E-state index contributed by atoms with van der Waals surface area (Å²) in [5, 5.41) is 1.79. The average Bonchev–Trinajstić information content (AvgIpc) is 3.28. The van der Waals surface area contributed by atoms with Crippen molar-refractivity contribution in [1.29, 1.82) is 0 Å². The van der Waals surface area contributed by atoms with Gasteiger partial charge in [0.15, 0.2) is 5.13 Å². The van der Waals surface area contributed by atoms with E-state index >= 15 is 0 Å². The summed E-state index contributed by atoms with van der Waals surface area (Å²) in [6.07, 6.45) is 1.58. The maximum atomic E-state index is 13.1. The van der Waals surface area contributed by atoms with Crippen molar-refractivity contribution < 1.29 is 9.21 Å². The standard InChI is InChI=1S/C19H12Cl2N2O2S/c20-13-5-3-12(4-6-13)18(24)23(11-15-2-1-9-25-15)19-22-16-8-7-14(21)10-17(16)26-19/h1-10H,11H2. The summed E-state index contributed by atoms with van der Waals surface area (Å²) in [6, 6.07) is 15.9. The van der Waals surface area contributed by atoms with E-state index in [0.29, 0.717) is 26.5 Å². The van der Waals surface area contributed by atoms with Gasteiger partial charge in [-0.2, -0.15) is 0 Å². The maximum Gasteiger partial charge on any atom is 0.260 e. The van der Waals surface area contributed by atoms with Crippen molar-refractivity contribution in [3.63, 3.8) is 0 Å². The van der Waals surface area contributed by atoms with Gasteiger partial charge in [0.2, 0.25) is 0 Å². The van der Waals surface area contributed by atoms with Crippen molar-refractivity contribution in [2.75, 3.05) is 4.90 Å². The zero-order valence-electron chi connectivity index (χ0n) is 13.4. The minimum Gasteiger partial charge on any atom is -0.467 e. The second-order valence-electron chi connectivity index (χ2n) is 5.59. The first-order chi connectivity index (χ1) is 12.6. The second kappa shape index (κ2) is 7.11. The van der Waals surface area contributed by atoms with Crippen LogP contribution < -0.4 is 4.90 Å². The van der Waals surface area contributed by atoms with E-state index in [4.69, 9.17) is 27.6 Å². The van der Waals surface area contributed by atoms with Gasteiger partial charge in [0.1, 0.15) is 5.76 Å². The summed E-state index contributed by atoms with van der Waals surface area (Å²) in [5.74, 6) is 0.493. The molecule has 26 heavy (non-hydrogen) atoms. The number of hydrogen-bond acceptors (Lipinski definition) is 4. The molecule has 0 N–H and O–H groups in total. The molecular formula is C19H12Cl2N2O2S. The molecule has 2 aromatic carbocycles. The molecule has 0 aliphatic rings. The van der Waals surface area contributed by atoms with Crippen molar-refractivity contribution >= 4 is 55.8 Å². The first-order valence-electron chi connectivity index (χ1n) is 7.76. The first kappa shape index (κ1) is 17.1. The van der Waals surface area contributed by atoms with Crippen molar-refractivity contribution in [3.05, 3.63) is 82.2 Å². The average molecular weight is 403 g/mol. The summed E-state index contributed by atoms with van der Waals surface area (Å²) < 4.78 is 6.34. The van der Waals surface area contributed by atoms with Crippen molar-refractivity contribution in [1.82, 2.24) is 4.98 Å². The van der Waals surface area contributed by atoms with E-state index in [0.717, 1.165) is 10.2 Å². The van der Waals surface area contributed by atoms with Crippen LogP contribution in [0, 0.1) is 0 Å². The van der Waals surface area contributed by atoms with Crippen LogP contribution in [0.1, 0.15) is 16.1 Å². The molecule has 130 valence electrons. The number of carbonyl (C=O) groups excluding carboxylic acids is 1. The Morgan fingerprint density at radius 3 is 2.58 bits per heavy atom. The lowest BCUT2D eigenvalue weighted by Crippen LogP contribution is -2.30. The van der Waals surface area contributed by atoms with Gasteiger partial charge in [-0.15, -0.1) is 0 Å². The van der Waals surface area contributed by atoms with Gasteiger partial charge in [0.05, 0.1) is 23.0 Å². The van der Waals surface area contributed by atoms with Gasteiger partial charge in [-0.05, 0) is 54.6 Å². The van der Waals surface area contributed by atoms with E-state index in [1.165, 1.54) is 11.3 Å². The highest BCUT2D eigenvalue weighted by Crippen LogP contribution is 2.32. The Bertz CT molecular complexity index is 1060. The topological polar surface area (TPSA) is 46.3 Å². The van der Waals surface area contributed by atoms with Crippen LogP contribution in [0.5, 0.6) is 0 Å². The van der Waals surface area contributed by atoms with Gasteiger partial charge in [-0.25, -0.2) is 4.98 Å². The lowest BCUT2D eigenvalue weighted by atomic mass is 10.2. The van der Waals surface area contributed by atoms with E-state index in [9.17, 15) is 4.79 Å². The van der Waals surface area contributed by atoms with Gasteiger partial charge >= 0.3 is 0 Å². The Morgan fingerprint density at radius 1 is 1.08 bits per heavy atom. The van der Waals surface area contributed by atoms with Crippen LogP contribution in [0.25, 0.3) is 10.2 Å². The maximum absolute atomic E-state index is 13.1. The molecule has 4 aromatic rings. The highest BCUT2D eigenvalue weighted by atomic mass is 35.5. The number of halogens is 2. The third-order valence-electron chi connectivity index (χ3n) is 3.80. The fourth-order valence-corrected chi connectivity index (χ4v) is 3.90. The van der Waals surface area contributed by atoms with Gasteiger partial charge in [0.25, 0.3) is 5.91 Å². The number of aromatic nitrogens is 1. The van der Waals surface area contributed by atoms with Crippen LogP contribution in [0.2, 0.25) is 10.0 Å². The number of carbonyl (C=O) groups is 1. The summed E-state index contributed by atoms with van der Waals surface area (Å²) in [6.45, 7) is 0.280. The molecule has 2 heterocycles. The molecule has 2 aromatic heterocycles. The van der Waals surface area contributed by atoms with Crippen molar-refractivity contribution in [3.8, 4) is 0 Å². The Balaban J connectivity index is 1.76. The molecule has 0 saturated heterocycles. The first-order valence-corrected chi connectivity index (χ1v) is 9.33. The molecule has 0 radical (unpaired) electrons. The number of benzene rings is 2. The van der Waals surface area contributed by atoms with E-state index in [2.05, 4.69) is 4.98 Å². The normalized spacial score (nSPS) is 11.0. The predicted octanol–water partition coefficient (Wildman–Crippen LogP) is 6.04. The highest BCUT2D eigenvalue weighted by molar-refractivity contribution is 7.22. The van der Waals surface area contributed by atoms with Crippen LogP contribution in [-0.2, 0) is 6.54 Å². The number of furan rings is 1. The summed E-state index contributed by atoms with van der Waals surface area (Å²) in [4.78, 5) is 19.3. The number of anilines is 1. The number of amides is 1. The van der Waals surface area contributed by atoms with Crippen LogP contribution in [-0.4, -0.2) is 10.9 Å². The SMILES string of the molecule is O=C(c1ccc(Cl)cc1)N(Cc1ccco1)c1nc2ccc(Cl)cc2s1. The molecular weight excluding hydrogens is 391 g/mol. The largest absolute Gasteiger partial charge is 0.467 e. The molecule has 7 heteroatoms. The molecule has 0 aliphatic heterocycles. The Kier molecular flexibility index (Phi) is 4.68. The number of thiazole rings is 1. The van der Waals surface area contributed by atoms with Gasteiger partial charge in [-0.1, -0.05) is 34.5 Å². The Labute approximate surface area is 163 Å².